The Bertz CT molecular complexity index is 878. The lowest BCUT2D eigenvalue weighted by Crippen LogP contribution is -2.45. The van der Waals surface area contributed by atoms with Crippen LogP contribution in [0.5, 0.6) is 5.75 Å². The van der Waals surface area contributed by atoms with Crippen LogP contribution in [0.3, 0.4) is 0 Å². The summed E-state index contributed by atoms with van der Waals surface area (Å²) in [5, 5.41) is 0. The lowest BCUT2D eigenvalue weighted by atomic mass is 9.87. The fourth-order valence-electron chi connectivity index (χ4n) is 3.80. The third-order valence-electron chi connectivity index (χ3n) is 5.09. The topological polar surface area (TPSA) is 24.8 Å². The Morgan fingerprint density at radius 3 is 2.62 bits per heavy atom. The highest BCUT2D eigenvalue weighted by molar-refractivity contribution is 5.90. The maximum absolute atomic E-state index is 5.28. The van der Waals surface area contributed by atoms with E-state index in [1.165, 1.54) is 22.4 Å². The largest absolute Gasteiger partial charge is 0.497 e. The zero-order valence-electron chi connectivity index (χ0n) is 16.6. The van der Waals surface area contributed by atoms with Crippen LogP contribution in [0.2, 0.25) is 0 Å². The molecule has 0 saturated carbocycles. The van der Waals surface area contributed by atoms with E-state index in [-0.39, 0.29) is 5.54 Å². The molecule has 2 aromatic carbocycles. The first kappa shape index (κ1) is 18.2. The van der Waals surface area contributed by atoms with Crippen molar-refractivity contribution in [2.24, 2.45) is 4.99 Å². The van der Waals surface area contributed by atoms with Gasteiger partial charge in [0.25, 0.3) is 0 Å². The summed E-state index contributed by atoms with van der Waals surface area (Å²) in [6, 6.07) is 12.4. The highest BCUT2D eigenvalue weighted by atomic mass is 16.5. The normalized spacial score (nSPS) is 15.8. The Morgan fingerprint density at radius 2 is 1.92 bits per heavy atom. The minimum atomic E-state index is 0.0362. The molecule has 0 atom stereocenters. The third kappa shape index (κ3) is 3.39. The molecule has 26 heavy (non-hydrogen) atoms. The molecule has 0 fully saturated rings. The molecule has 1 heterocycles. The first-order chi connectivity index (χ1) is 12.4. The van der Waals surface area contributed by atoms with Crippen LogP contribution in [0.25, 0.3) is 5.57 Å². The van der Waals surface area contributed by atoms with Crippen molar-refractivity contribution in [3.63, 3.8) is 0 Å². The molecular formula is C23H28N2O. The van der Waals surface area contributed by atoms with Crippen molar-refractivity contribution < 1.29 is 4.74 Å². The SMILES string of the molecule is CCN1c2cc(C)c(C=Nc3cccc(OC)c3)cc2C(C)=CC1(C)C. The minimum absolute atomic E-state index is 0.0362. The minimum Gasteiger partial charge on any atom is -0.497 e. The van der Waals surface area contributed by atoms with Crippen LogP contribution < -0.4 is 9.64 Å². The molecule has 3 nitrogen and oxygen atoms in total. The molecule has 0 radical (unpaired) electrons. The zero-order valence-corrected chi connectivity index (χ0v) is 16.6. The summed E-state index contributed by atoms with van der Waals surface area (Å²) in [4.78, 5) is 7.11. The van der Waals surface area contributed by atoms with Gasteiger partial charge in [0.15, 0.2) is 0 Å². The van der Waals surface area contributed by atoms with E-state index < -0.39 is 0 Å². The van der Waals surface area contributed by atoms with Gasteiger partial charge in [0, 0.05) is 30.1 Å². The van der Waals surface area contributed by atoms with Gasteiger partial charge in [-0.05, 0) is 75.6 Å². The monoisotopic (exact) mass is 348 g/mol. The molecule has 0 bridgehead atoms. The van der Waals surface area contributed by atoms with Crippen LogP contribution in [0.1, 0.15) is 44.4 Å². The number of likely N-dealkylation sites (N-methyl/N-ethyl adjacent to an activating group) is 1. The molecule has 1 aliphatic rings. The lowest BCUT2D eigenvalue weighted by Gasteiger charge is -2.43. The predicted octanol–water partition coefficient (Wildman–Crippen LogP) is 5.78. The summed E-state index contributed by atoms with van der Waals surface area (Å²) >= 11 is 0. The van der Waals surface area contributed by atoms with E-state index >= 15 is 0 Å². The number of fused-ring (bicyclic) bond motifs is 1. The van der Waals surface area contributed by atoms with Gasteiger partial charge in [-0.1, -0.05) is 12.1 Å². The molecule has 0 N–H and O–H groups in total. The van der Waals surface area contributed by atoms with Crippen LogP contribution >= 0.6 is 0 Å². The van der Waals surface area contributed by atoms with Crippen molar-refractivity contribution in [3.05, 3.63) is 59.2 Å². The smallest absolute Gasteiger partial charge is 0.121 e. The number of methoxy groups -OCH3 is 1. The van der Waals surface area contributed by atoms with Gasteiger partial charge in [-0.25, -0.2) is 0 Å². The number of allylic oxidation sites excluding steroid dienone is 1. The molecule has 3 heteroatoms. The fraction of sp³-hybridized carbons (Fsp3) is 0.348. The molecule has 0 unspecified atom stereocenters. The molecule has 0 spiro atoms. The number of nitrogens with zero attached hydrogens (tertiary/aromatic N) is 2. The van der Waals surface area contributed by atoms with E-state index in [9.17, 15) is 0 Å². The Morgan fingerprint density at radius 1 is 1.15 bits per heavy atom. The number of hydrogen-bond donors (Lipinski definition) is 0. The molecule has 0 aliphatic carbocycles. The second kappa shape index (κ2) is 6.99. The highest BCUT2D eigenvalue weighted by Gasteiger charge is 2.30. The number of ether oxygens (including phenoxy) is 1. The summed E-state index contributed by atoms with van der Waals surface area (Å²) in [5.41, 5.74) is 7.25. The molecule has 0 aromatic heterocycles. The van der Waals surface area contributed by atoms with Gasteiger partial charge in [0.05, 0.1) is 18.3 Å². The van der Waals surface area contributed by atoms with Gasteiger partial charge in [-0.15, -0.1) is 0 Å². The Kier molecular flexibility index (Phi) is 4.90. The summed E-state index contributed by atoms with van der Waals surface area (Å²) < 4.78 is 5.28. The predicted molar refractivity (Wildman–Crippen MR) is 112 cm³/mol. The van der Waals surface area contributed by atoms with Gasteiger partial charge < -0.3 is 9.64 Å². The number of anilines is 1. The van der Waals surface area contributed by atoms with Crippen molar-refractivity contribution in [2.45, 2.75) is 40.2 Å². The number of aryl methyl sites for hydroxylation is 1. The van der Waals surface area contributed by atoms with Gasteiger partial charge >= 0.3 is 0 Å². The van der Waals surface area contributed by atoms with E-state index in [1.807, 2.05) is 30.5 Å². The van der Waals surface area contributed by atoms with E-state index in [0.29, 0.717) is 0 Å². The highest BCUT2D eigenvalue weighted by Crippen LogP contribution is 2.39. The quantitative estimate of drug-likeness (QED) is 0.655. The van der Waals surface area contributed by atoms with Crippen LogP contribution in [-0.4, -0.2) is 25.4 Å². The Balaban J connectivity index is 2.01. The summed E-state index contributed by atoms with van der Waals surface area (Å²) in [5.74, 6) is 0.821. The molecule has 2 aromatic rings. The molecule has 3 rings (SSSR count). The summed E-state index contributed by atoms with van der Waals surface area (Å²) in [7, 11) is 1.67. The number of aliphatic imine (C=N–C) groups is 1. The van der Waals surface area contributed by atoms with Crippen molar-refractivity contribution in [2.75, 3.05) is 18.6 Å². The van der Waals surface area contributed by atoms with Crippen molar-refractivity contribution >= 4 is 23.2 Å². The molecule has 0 amide bonds. The van der Waals surface area contributed by atoms with E-state index in [1.54, 1.807) is 7.11 Å². The van der Waals surface area contributed by atoms with Crippen LogP contribution in [0.15, 0.2) is 47.5 Å². The average Bonchev–Trinajstić information content (AvgIpc) is 2.60. The molecular weight excluding hydrogens is 320 g/mol. The lowest BCUT2D eigenvalue weighted by molar-refractivity contribution is 0.415. The van der Waals surface area contributed by atoms with E-state index in [2.05, 4.69) is 62.7 Å². The van der Waals surface area contributed by atoms with Crippen molar-refractivity contribution in [1.29, 1.82) is 0 Å². The van der Waals surface area contributed by atoms with E-state index in [0.717, 1.165) is 23.5 Å². The average molecular weight is 348 g/mol. The van der Waals surface area contributed by atoms with Crippen molar-refractivity contribution in [1.82, 2.24) is 0 Å². The van der Waals surface area contributed by atoms with Gasteiger partial charge in [0.1, 0.15) is 5.75 Å². The molecule has 1 aliphatic heterocycles. The van der Waals surface area contributed by atoms with Crippen molar-refractivity contribution in [3.8, 4) is 5.75 Å². The van der Waals surface area contributed by atoms with Gasteiger partial charge in [0.2, 0.25) is 0 Å². The van der Waals surface area contributed by atoms with Gasteiger partial charge in [-0.3, -0.25) is 4.99 Å². The fourth-order valence-corrected chi connectivity index (χ4v) is 3.80. The van der Waals surface area contributed by atoms with Gasteiger partial charge in [-0.2, -0.15) is 0 Å². The molecule has 136 valence electrons. The second-order valence-corrected chi connectivity index (χ2v) is 7.41. The van der Waals surface area contributed by atoms with Crippen LogP contribution in [0, 0.1) is 6.92 Å². The standard InChI is InChI=1S/C23H28N2O/c1-7-25-22-11-16(2)18(12-21(22)17(3)14-23(25,4)5)15-24-19-9-8-10-20(13-19)26-6/h8-15H,7H2,1-6H3. The zero-order chi connectivity index (χ0) is 18.9. The molecule has 0 saturated heterocycles. The number of rotatable bonds is 4. The number of hydrogen-bond acceptors (Lipinski definition) is 3. The summed E-state index contributed by atoms with van der Waals surface area (Å²) in [6.07, 6.45) is 4.31. The number of benzene rings is 2. The Hall–Kier alpha value is -2.55. The van der Waals surface area contributed by atoms with Crippen LogP contribution in [0.4, 0.5) is 11.4 Å². The second-order valence-electron chi connectivity index (χ2n) is 7.41. The maximum atomic E-state index is 5.28. The van der Waals surface area contributed by atoms with E-state index in [4.69, 9.17) is 4.74 Å². The van der Waals surface area contributed by atoms with Crippen LogP contribution in [-0.2, 0) is 0 Å². The summed E-state index contributed by atoms with van der Waals surface area (Å²) in [6.45, 7) is 12.1. The first-order valence-corrected chi connectivity index (χ1v) is 9.16. The maximum Gasteiger partial charge on any atom is 0.121 e. The third-order valence-corrected chi connectivity index (χ3v) is 5.09. The Labute approximate surface area is 157 Å². The first-order valence-electron chi connectivity index (χ1n) is 9.16.